The van der Waals surface area contributed by atoms with Crippen molar-refractivity contribution in [3.63, 3.8) is 0 Å². The maximum absolute atomic E-state index is 12.8. The summed E-state index contributed by atoms with van der Waals surface area (Å²) in [5.41, 5.74) is 1.40. The highest BCUT2D eigenvalue weighted by atomic mass is 79.9. The molecule has 2 unspecified atom stereocenters. The number of halogens is 3. The zero-order valence-electron chi connectivity index (χ0n) is 13.7. The predicted molar refractivity (Wildman–Crippen MR) is 98.7 cm³/mol. The first kappa shape index (κ1) is 18.7. The molecule has 1 fully saturated rings. The average Bonchev–Trinajstić information content (AvgIpc) is 3.33. The minimum Gasteiger partial charge on any atom is -0.332 e. The number of nitrogens with zero attached hydrogens (tertiary/aromatic N) is 3. The van der Waals surface area contributed by atoms with E-state index in [0.29, 0.717) is 5.56 Å². The van der Waals surface area contributed by atoms with Crippen molar-refractivity contribution in [1.29, 1.82) is 0 Å². The number of rotatable bonds is 5. The molecule has 0 radical (unpaired) electrons. The molecule has 1 aliphatic carbocycles. The van der Waals surface area contributed by atoms with Gasteiger partial charge in [0.05, 0.1) is 18.9 Å². The van der Waals surface area contributed by atoms with Crippen LogP contribution in [0.3, 0.4) is 0 Å². The first-order valence-corrected chi connectivity index (χ1v) is 9.04. The van der Waals surface area contributed by atoms with Gasteiger partial charge in [0.15, 0.2) is 5.82 Å². The van der Waals surface area contributed by atoms with Gasteiger partial charge in [-0.05, 0) is 30.2 Å². The van der Waals surface area contributed by atoms with Gasteiger partial charge in [0.25, 0.3) is 5.91 Å². The van der Waals surface area contributed by atoms with Gasteiger partial charge in [-0.25, -0.2) is 14.4 Å². The standard InChI is InChI=1S/C17H15BrClFN4O2/c1-24(8-15(25)23-17-21-6-10(20)7-22-17)16(26)11-3-2-9(18)4-12(11)13-5-14(13)19/h2-4,6-7,13-14H,5,8H2,1H3,(H,21,22,23,25). The fourth-order valence-corrected chi connectivity index (χ4v) is 3.26. The average molecular weight is 442 g/mol. The molecular formula is C17H15BrClFN4O2. The Labute approximate surface area is 162 Å². The number of benzene rings is 1. The molecular weight excluding hydrogens is 427 g/mol. The van der Waals surface area contributed by atoms with Gasteiger partial charge in [-0.15, -0.1) is 11.6 Å². The quantitative estimate of drug-likeness (QED) is 0.723. The van der Waals surface area contributed by atoms with E-state index in [1.165, 1.54) is 11.9 Å². The van der Waals surface area contributed by atoms with Crippen LogP contribution in [-0.2, 0) is 4.79 Å². The molecule has 2 amide bonds. The molecule has 0 saturated heterocycles. The highest BCUT2D eigenvalue weighted by Crippen LogP contribution is 2.47. The van der Waals surface area contributed by atoms with Crippen molar-refractivity contribution in [1.82, 2.24) is 14.9 Å². The van der Waals surface area contributed by atoms with E-state index in [2.05, 4.69) is 31.2 Å². The topological polar surface area (TPSA) is 75.2 Å². The molecule has 3 rings (SSSR count). The molecule has 1 heterocycles. The molecule has 136 valence electrons. The smallest absolute Gasteiger partial charge is 0.254 e. The van der Waals surface area contributed by atoms with E-state index in [-0.39, 0.29) is 29.7 Å². The number of hydrogen-bond donors (Lipinski definition) is 1. The maximum atomic E-state index is 12.8. The summed E-state index contributed by atoms with van der Waals surface area (Å²) in [5.74, 6) is -1.24. The van der Waals surface area contributed by atoms with Crippen molar-refractivity contribution < 1.29 is 14.0 Å². The zero-order chi connectivity index (χ0) is 18.8. The molecule has 0 bridgehead atoms. The summed E-state index contributed by atoms with van der Waals surface area (Å²) in [6, 6.07) is 5.39. The van der Waals surface area contributed by atoms with Crippen molar-refractivity contribution in [2.75, 3.05) is 18.9 Å². The fourth-order valence-electron chi connectivity index (χ4n) is 2.55. The van der Waals surface area contributed by atoms with Crippen LogP contribution in [-0.4, -0.2) is 45.7 Å². The normalized spacial score (nSPS) is 18.3. The van der Waals surface area contributed by atoms with E-state index in [0.717, 1.165) is 28.9 Å². The van der Waals surface area contributed by atoms with E-state index in [4.69, 9.17) is 11.6 Å². The van der Waals surface area contributed by atoms with Gasteiger partial charge in [-0.3, -0.25) is 14.9 Å². The Morgan fingerprint density at radius 2 is 2.04 bits per heavy atom. The molecule has 1 aliphatic rings. The molecule has 1 aromatic carbocycles. The highest BCUT2D eigenvalue weighted by molar-refractivity contribution is 9.10. The van der Waals surface area contributed by atoms with E-state index in [1.54, 1.807) is 12.1 Å². The molecule has 9 heteroatoms. The number of nitrogens with one attached hydrogen (secondary N) is 1. The Kier molecular flexibility index (Phi) is 5.52. The van der Waals surface area contributed by atoms with Crippen LogP contribution in [0.1, 0.15) is 28.3 Å². The van der Waals surface area contributed by atoms with Crippen molar-refractivity contribution in [2.45, 2.75) is 17.7 Å². The van der Waals surface area contributed by atoms with Gasteiger partial charge in [0, 0.05) is 28.4 Å². The lowest BCUT2D eigenvalue weighted by Gasteiger charge is -2.18. The first-order chi connectivity index (χ1) is 12.3. The maximum Gasteiger partial charge on any atom is 0.254 e. The summed E-state index contributed by atoms with van der Waals surface area (Å²) in [6.07, 6.45) is 2.72. The lowest BCUT2D eigenvalue weighted by Crippen LogP contribution is -2.35. The lowest BCUT2D eigenvalue weighted by atomic mass is 10.0. The highest BCUT2D eigenvalue weighted by Gasteiger charge is 2.39. The molecule has 6 nitrogen and oxygen atoms in total. The third kappa shape index (κ3) is 4.37. The van der Waals surface area contributed by atoms with Gasteiger partial charge in [0.2, 0.25) is 11.9 Å². The summed E-state index contributed by atoms with van der Waals surface area (Å²) in [4.78, 5) is 33.4. The third-order valence-corrected chi connectivity index (χ3v) is 4.93. The zero-order valence-corrected chi connectivity index (χ0v) is 16.1. The molecule has 26 heavy (non-hydrogen) atoms. The van der Waals surface area contributed by atoms with Crippen molar-refractivity contribution >= 4 is 45.3 Å². The van der Waals surface area contributed by atoms with Gasteiger partial charge < -0.3 is 4.90 Å². The number of carbonyl (C=O) groups is 2. The summed E-state index contributed by atoms with van der Waals surface area (Å²) < 4.78 is 13.7. The number of alkyl halides is 1. The SMILES string of the molecule is CN(CC(=O)Nc1ncc(F)cn1)C(=O)c1ccc(Br)cc1C1CC1Cl. The van der Waals surface area contributed by atoms with Crippen LogP contribution in [0, 0.1) is 5.82 Å². The van der Waals surface area contributed by atoms with E-state index in [1.807, 2.05) is 6.07 Å². The monoisotopic (exact) mass is 440 g/mol. The molecule has 1 aromatic heterocycles. The summed E-state index contributed by atoms with van der Waals surface area (Å²) in [7, 11) is 1.53. The van der Waals surface area contributed by atoms with E-state index < -0.39 is 11.7 Å². The Hall–Kier alpha value is -2.06. The lowest BCUT2D eigenvalue weighted by molar-refractivity contribution is -0.116. The molecule has 2 atom stereocenters. The van der Waals surface area contributed by atoms with Crippen LogP contribution in [0.5, 0.6) is 0 Å². The Morgan fingerprint density at radius 3 is 2.65 bits per heavy atom. The molecule has 1 saturated carbocycles. The fraction of sp³-hybridized carbons (Fsp3) is 0.294. The summed E-state index contributed by atoms with van der Waals surface area (Å²) in [6.45, 7) is -0.190. The second kappa shape index (κ2) is 7.67. The van der Waals surface area contributed by atoms with Crippen molar-refractivity contribution in [3.8, 4) is 0 Å². The molecule has 1 N–H and O–H groups in total. The van der Waals surface area contributed by atoms with Gasteiger partial charge in [0.1, 0.15) is 0 Å². The van der Waals surface area contributed by atoms with Crippen LogP contribution >= 0.6 is 27.5 Å². The Balaban J connectivity index is 1.68. The summed E-state index contributed by atoms with van der Waals surface area (Å²) in [5, 5.41) is 2.45. The minimum absolute atomic E-state index is 0.0236. The first-order valence-electron chi connectivity index (χ1n) is 7.81. The third-order valence-electron chi connectivity index (χ3n) is 3.96. The van der Waals surface area contributed by atoms with E-state index >= 15 is 0 Å². The van der Waals surface area contributed by atoms with Gasteiger partial charge >= 0.3 is 0 Å². The largest absolute Gasteiger partial charge is 0.332 e. The number of amides is 2. The number of carbonyl (C=O) groups excluding carboxylic acids is 2. The number of hydrogen-bond acceptors (Lipinski definition) is 4. The van der Waals surface area contributed by atoms with Crippen LogP contribution in [0.25, 0.3) is 0 Å². The second-order valence-electron chi connectivity index (χ2n) is 6.02. The Bertz CT molecular complexity index is 849. The number of likely N-dealkylation sites (N-methyl/N-ethyl adjacent to an activating group) is 1. The van der Waals surface area contributed by atoms with Gasteiger partial charge in [-0.1, -0.05) is 15.9 Å². The molecule has 0 spiro atoms. The predicted octanol–water partition coefficient (Wildman–Crippen LogP) is 3.18. The van der Waals surface area contributed by atoms with Crippen LogP contribution in [0.2, 0.25) is 0 Å². The van der Waals surface area contributed by atoms with Crippen LogP contribution < -0.4 is 5.32 Å². The molecule has 2 aromatic rings. The van der Waals surface area contributed by atoms with Crippen LogP contribution in [0.4, 0.5) is 10.3 Å². The van der Waals surface area contributed by atoms with Gasteiger partial charge in [-0.2, -0.15) is 0 Å². The minimum atomic E-state index is -0.601. The Morgan fingerprint density at radius 1 is 1.38 bits per heavy atom. The van der Waals surface area contributed by atoms with E-state index in [9.17, 15) is 14.0 Å². The number of anilines is 1. The van der Waals surface area contributed by atoms with Crippen molar-refractivity contribution in [3.05, 3.63) is 52.0 Å². The van der Waals surface area contributed by atoms with Crippen molar-refractivity contribution in [2.24, 2.45) is 0 Å². The van der Waals surface area contributed by atoms with Crippen LogP contribution in [0.15, 0.2) is 35.1 Å². The number of aromatic nitrogens is 2. The second-order valence-corrected chi connectivity index (χ2v) is 7.50. The summed E-state index contributed by atoms with van der Waals surface area (Å²) >= 11 is 9.54. The molecule has 0 aliphatic heterocycles.